The number of halogens is 1. The van der Waals surface area contributed by atoms with Gasteiger partial charge in [0.25, 0.3) is 5.91 Å². The summed E-state index contributed by atoms with van der Waals surface area (Å²) in [6, 6.07) is 17.0. The highest BCUT2D eigenvalue weighted by molar-refractivity contribution is 8.13. The molecule has 0 saturated carbocycles. The Morgan fingerprint density at radius 1 is 1.10 bits per heavy atom. The average molecular weight is 443 g/mol. The van der Waals surface area contributed by atoms with Crippen LogP contribution in [0.2, 0.25) is 5.02 Å². The molecule has 0 radical (unpaired) electrons. The number of likely N-dealkylation sites (N-methyl/N-ethyl adjacent to an activating group) is 1. The molecule has 2 unspecified atom stereocenters. The Bertz CT molecular complexity index is 969. The van der Waals surface area contributed by atoms with E-state index in [1.807, 2.05) is 47.4 Å². The molecule has 1 N–H and O–H groups in total. The van der Waals surface area contributed by atoms with E-state index in [2.05, 4.69) is 17.4 Å². The predicted octanol–water partition coefficient (Wildman–Crippen LogP) is 3.75. The van der Waals surface area contributed by atoms with Crippen LogP contribution in [0, 0.1) is 0 Å². The zero-order chi connectivity index (χ0) is 21.1. The van der Waals surface area contributed by atoms with Crippen molar-refractivity contribution in [2.75, 3.05) is 12.8 Å². The quantitative estimate of drug-likeness (QED) is 0.692. The minimum Gasteiger partial charge on any atom is -0.331 e. The van der Waals surface area contributed by atoms with Gasteiger partial charge in [0.1, 0.15) is 0 Å². The van der Waals surface area contributed by atoms with Gasteiger partial charge in [0.05, 0.1) is 0 Å². The van der Waals surface area contributed by atoms with Gasteiger partial charge in [-0.25, -0.2) is 9.79 Å². The van der Waals surface area contributed by atoms with Gasteiger partial charge in [0.2, 0.25) is 0 Å². The molecule has 0 aromatic heterocycles. The van der Waals surface area contributed by atoms with Gasteiger partial charge in [0, 0.05) is 24.4 Å². The summed E-state index contributed by atoms with van der Waals surface area (Å²) in [4.78, 5) is 32.9. The van der Waals surface area contributed by atoms with Crippen molar-refractivity contribution in [1.82, 2.24) is 15.1 Å². The lowest BCUT2D eigenvalue weighted by molar-refractivity contribution is -0.127. The fourth-order valence-corrected chi connectivity index (χ4v) is 4.87. The van der Waals surface area contributed by atoms with Crippen LogP contribution < -0.4 is 5.32 Å². The number of amides is 3. The van der Waals surface area contributed by atoms with Gasteiger partial charge in [-0.1, -0.05) is 71.9 Å². The molecular formula is C22H23ClN4O2S. The largest absolute Gasteiger partial charge is 0.331 e. The van der Waals surface area contributed by atoms with Crippen molar-refractivity contribution < 1.29 is 9.59 Å². The normalized spacial score (nSPS) is 20.8. The highest BCUT2D eigenvalue weighted by atomic mass is 35.5. The third kappa shape index (κ3) is 4.32. The van der Waals surface area contributed by atoms with Crippen LogP contribution in [0.15, 0.2) is 59.6 Å². The number of thioether (sulfide) groups is 1. The molecule has 0 bridgehead atoms. The molecule has 2 heterocycles. The first-order valence-corrected chi connectivity index (χ1v) is 11.2. The molecule has 8 heteroatoms. The predicted molar refractivity (Wildman–Crippen MR) is 121 cm³/mol. The summed E-state index contributed by atoms with van der Waals surface area (Å²) in [5.41, 5.74) is 2.22. The minimum atomic E-state index is -0.555. The lowest BCUT2D eigenvalue weighted by Gasteiger charge is -2.36. The maximum absolute atomic E-state index is 12.7. The maximum atomic E-state index is 12.7. The summed E-state index contributed by atoms with van der Waals surface area (Å²) >= 11 is 7.99. The van der Waals surface area contributed by atoms with E-state index in [1.54, 1.807) is 18.8 Å². The Kier molecular flexibility index (Phi) is 6.29. The fourth-order valence-electron chi connectivity index (χ4n) is 3.68. The van der Waals surface area contributed by atoms with E-state index in [4.69, 9.17) is 16.6 Å². The first-order valence-electron chi connectivity index (χ1n) is 9.87. The number of benzene rings is 2. The monoisotopic (exact) mass is 442 g/mol. The standard InChI is InChI=1S/C22H23ClN4O2S/c1-26-19-18(20(28)25-21(26)29)27(14-16-11-5-6-12-17(16)23)22(24-19)30-13-7-10-15-8-3-2-4-9-15/h2-6,8-9,11-12,18-19H,7,10,13-14H2,1H3,(H,25,28,29). The van der Waals surface area contributed by atoms with Gasteiger partial charge >= 0.3 is 6.03 Å². The van der Waals surface area contributed by atoms with Gasteiger partial charge in [-0.2, -0.15) is 0 Å². The molecule has 2 atom stereocenters. The Morgan fingerprint density at radius 2 is 1.83 bits per heavy atom. The minimum absolute atomic E-state index is 0.321. The molecule has 0 spiro atoms. The van der Waals surface area contributed by atoms with Crippen LogP contribution in [-0.4, -0.2) is 51.9 Å². The number of aryl methyl sites for hydroxylation is 1. The van der Waals surface area contributed by atoms with Crippen molar-refractivity contribution in [1.29, 1.82) is 0 Å². The molecular weight excluding hydrogens is 420 g/mol. The van der Waals surface area contributed by atoms with Crippen molar-refractivity contribution in [3.05, 3.63) is 70.7 Å². The van der Waals surface area contributed by atoms with Gasteiger partial charge in [0.15, 0.2) is 17.4 Å². The lowest BCUT2D eigenvalue weighted by atomic mass is 10.1. The zero-order valence-electron chi connectivity index (χ0n) is 16.6. The first kappa shape index (κ1) is 20.8. The number of urea groups is 1. The highest BCUT2D eigenvalue weighted by Crippen LogP contribution is 2.31. The average Bonchev–Trinajstić information content (AvgIpc) is 3.11. The topological polar surface area (TPSA) is 65.0 Å². The molecule has 2 aromatic rings. The molecule has 3 amide bonds. The second-order valence-electron chi connectivity index (χ2n) is 7.33. The Balaban J connectivity index is 1.50. The number of hydrogen-bond acceptors (Lipinski definition) is 5. The zero-order valence-corrected chi connectivity index (χ0v) is 18.2. The number of nitrogens with one attached hydrogen (secondary N) is 1. The Labute approximate surface area is 185 Å². The van der Waals surface area contributed by atoms with E-state index in [-0.39, 0.29) is 5.91 Å². The van der Waals surface area contributed by atoms with Crippen molar-refractivity contribution in [3.63, 3.8) is 0 Å². The molecule has 156 valence electrons. The molecule has 30 heavy (non-hydrogen) atoms. The molecule has 4 rings (SSSR count). The number of carbonyl (C=O) groups is 2. The van der Waals surface area contributed by atoms with E-state index in [0.29, 0.717) is 11.6 Å². The van der Waals surface area contributed by atoms with Crippen LogP contribution in [0.25, 0.3) is 0 Å². The molecule has 6 nitrogen and oxygen atoms in total. The van der Waals surface area contributed by atoms with Crippen LogP contribution in [0.1, 0.15) is 17.5 Å². The number of imide groups is 1. The summed E-state index contributed by atoms with van der Waals surface area (Å²) in [5, 5.41) is 3.85. The molecule has 1 fully saturated rings. The second-order valence-corrected chi connectivity index (χ2v) is 8.80. The van der Waals surface area contributed by atoms with Crippen molar-refractivity contribution in [2.24, 2.45) is 4.99 Å². The summed E-state index contributed by atoms with van der Waals surface area (Å²) in [5.74, 6) is 0.546. The molecule has 1 saturated heterocycles. The van der Waals surface area contributed by atoms with Crippen molar-refractivity contribution in [3.8, 4) is 0 Å². The van der Waals surface area contributed by atoms with Crippen molar-refractivity contribution in [2.45, 2.75) is 31.6 Å². The number of nitrogens with zero attached hydrogens (tertiary/aromatic N) is 3. The summed E-state index contributed by atoms with van der Waals surface area (Å²) in [6.45, 7) is 0.459. The van der Waals surface area contributed by atoms with Crippen LogP contribution in [-0.2, 0) is 17.8 Å². The highest BCUT2D eigenvalue weighted by Gasteiger charge is 2.48. The van der Waals surface area contributed by atoms with Crippen LogP contribution in [0.5, 0.6) is 0 Å². The Morgan fingerprint density at radius 3 is 2.60 bits per heavy atom. The van der Waals surface area contributed by atoms with E-state index >= 15 is 0 Å². The number of hydrogen-bond donors (Lipinski definition) is 1. The summed E-state index contributed by atoms with van der Waals surface area (Å²) in [7, 11) is 1.67. The number of rotatable bonds is 6. The van der Waals surface area contributed by atoms with E-state index in [9.17, 15) is 9.59 Å². The van der Waals surface area contributed by atoms with E-state index < -0.39 is 18.2 Å². The number of fused-ring (bicyclic) bond motifs is 1. The smallest absolute Gasteiger partial charge is 0.325 e. The third-order valence-electron chi connectivity index (χ3n) is 5.30. The summed E-state index contributed by atoms with van der Waals surface area (Å²) in [6.07, 6.45) is 1.45. The van der Waals surface area contributed by atoms with Crippen LogP contribution in [0.4, 0.5) is 4.79 Å². The lowest BCUT2D eigenvalue weighted by Crippen LogP contribution is -2.63. The van der Waals surface area contributed by atoms with E-state index in [1.165, 1.54) is 10.5 Å². The Hall–Kier alpha value is -2.51. The van der Waals surface area contributed by atoms with Crippen LogP contribution in [0.3, 0.4) is 0 Å². The number of carbonyl (C=O) groups excluding carboxylic acids is 2. The number of amidine groups is 1. The SMILES string of the molecule is CN1C(=O)NC(=O)C2C1N=C(SCCCc1ccccc1)N2Cc1ccccc1Cl. The summed E-state index contributed by atoms with van der Waals surface area (Å²) < 4.78 is 0. The molecule has 2 aliphatic rings. The van der Waals surface area contributed by atoms with Gasteiger partial charge in [-0.05, 0) is 30.0 Å². The maximum Gasteiger partial charge on any atom is 0.325 e. The first-order chi connectivity index (χ1) is 14.5. The third-order valence-corrected chi connectivity index (χ3v) is 6.76. The molecule has 2 aromatic carbocycles. The van der Waals surface area contributed by atoms with Gasteiger partial charge < -0.3 is 9.80 Å². The fraction of sp³-hybridized carbons (Fsp3) is 0.318. The van der Waals surface area contributed by atoms with Gasteiger partial charge in [-0.3, -0.25) is 10.1 Å². The van der Waals surface area contributed by atoms with Crippen LogP contribution >= 0.6 is 23.4 Å². The number of aliphatic imine (C=N–C) groups is 1. The molecule has 0 aliphatic carbocycles. The van der Waals surface area contributed by atoms with E-state index in [0.717, 1.165) is 29.3 Å². The van der Waals surface area contributed by atoms with Gasteiger partial charge in [-0.15, -0.1) is 0 Å². The second kappa shape index (κ2) is 9.10. The molecule has 2 aliphatic heterocycles. The van der Waals surface area contributed by atoms with Crippen molar-refractivity contribution >= 4 is 40.5 Å².